The second kappa shape index (κ2) is 8.15. The van der Waals surface area contributed by atoms with E-state index in [-0.39, 0.29) is 18.2 Å². The van der Waals surface area contributed by atoms with Crippen LogP contribution in [-0.4, -0.2) is 68.4 Å². The number of hydrogen-bond acceptors (Lipinski definition) is 7. The van der Waals surface area contributed by atoms with E-state index in [1.54, 1.807) is 37.5 Å². The van der Waals surface area contributed by atoms with E-state index in [0.29, 0.717) is 48.9 Å². The number of pyridine rings is 2. The molecule has 0 aromatic carbocycles. The molecule has 1 aliphatic heterocycles. The lowest BCUT2D eigenvalue weighted by Crippen LogP contribution is -2.31. The van der Waals surface area contributed by atoms with Gasteiger partial charge in [0.2, 0.25) is 0 Å². The molecule has 158 valence electrons. The van der Waals surface area contributed by atoms with E-state index in [0.717, 1.165) is 12.1 Å². The van der Waals surface area contributed by atoms with Gasteiger partial charge < -0.3 is 19.6 Å². The number of aromatic nitrogens is 4. The van der Waals surface area contributed by atoms with Crippen molar-refractivity contribution in [3.63, 3.8) is 0 Å². The summed E-state index contributed by atoms with van der Waals surface area (Å²) in [5.41, 5.74) is 1.63. The molecular formula is C20H24N6O4. The third-order valence-electron chi connectivity index (χ3n) is 5.12. The number of rotatable bonds is 6. The molecule has 4 heterocycles. The lowest BCUT2D eigenvalue weighted by atomic mass is 10.2. The summed E-state index contributed by atoms with van der Waals surface area (Å²) in [4.78, 5) is 32.8. The SMILES string of the molecule is CN(CCCCO)C(=O)c1cnc2c(c1)OCCN2c1ccn2c(=O)n(C)nc2c1. The maximum Gasteiger partial charge on any atom is 0.350 e. The molecule has 4 rings (SSSR count). The van der Waals surface area contributed by atoms with Gasteiger partial charge in [-0.15, -0.1) is 0 Å². The highest BCUT2D eigenvalue weighted by atomic mass is 16.5. The number of aliphatic hydroxyl groups is 1. The molecule has 0 fully saturated rings. The van der Waals surface area contributed by atoms with Crippen molar-refractivity contribution in [2.24, 2.45) is 7.05 Å². The Hall–Kier alpha value is -3.40. The maximum absolute atomic E-state index is 12.7. The molecule has 0 spiro atoms. The van der Waals surface area contributed by atoms with Gasteiger partial charge in [-0.1, -0.05) is 0 Å². The van der Waals surface area contributed by atoms with Crippen LogP contribution >= 0.6 is 0 Å². The third kappa shape index (κ3) is 3.61. The molecule has 0 bridgehead atoms. The van der Waals surface area contributed by atoms with Crippen molar-refractivity contribution in [2.75, 3.05) is 38.3 Å². The van der Waals surface area contributed by atoms with Crippen molar-refractivity contribution in [3.8, 4) is 5.75 Å². The number of fused-ring (bicyclic) bond motifs is 2. The average Bonchev–Trinajstić information content (AvgIpc) is 3.05. The highest BCUT2D eigenvalue weighted by Crippen LogP contribution is 2.35. The van der Waals surface area contributed by atoms with Crippen LogP contribution in [0.1, 0.15) is 23.2 Å². The predicted molar refractivity (Wildman–Crippen MR) is 110 cm³/mol. The van der Waals surface area contributed by atoms with Crippen molar-refractivity contribution in [3.05, 3.63) is 46.6 Å². The molecule has 0 saturated carbocycles. The molecule has 0 atom stereocenters. The number of carbonyl (C=O) groups is 1. The summed E-state index contributed by atoms with van der Waals surface area (Å²) < 4.78 is 8.54. The van der Waals surface area contributed by atoms with Gasteiger partial charge in [-0.3, -0.25) is 9.20 Å². The number of unbranched alkanes of at least 4 members (excludes halogenated alkanes) is 1. The van der Waals surface area contributed by atoms with Crippen molar-refractivity contribution in [2.45, 2.75) is 12.8 Å². The molecular weight excluding hydrogens is 388 g/mol. The van der Waals surface area contributed by atoms with Crippen LogP contribution in [0.4, 0.5) is 11.5 Å². The van der Waals surface area contributed by atoms with Gasteiger partial charge in [0.25, 0.3) is 5.91 Å². The van der Waals surface area contributed by atoms with Gasteiger partial charge in [-0.05, 0) is 25.0 Å². The van der Waals surface area contributed by atoms with E-state index in [9.17, 15) is 9.59 Å². The zero-order chi connectivity index (χ0) is 21.3. The minimum Gasteiger partial charge on any atom is -0.488 e. The topological polar surface area (TPSA) is 105 Å². The Labute approximate surface area is 172 Å². The highest BCUT2D eigenvalue weighted by Gasteiger charge is 2.24. The third-order valence-corrected chi connectivity index (χ3v) is 5.12. The number of amides is 1. The molecule has 0 unspecified atom stereocenters. The Bertz CT molecular complexity index is 1140. The van der Waals surface area contributed by atoms with Crippen LogP contribution in [0.5, 0.6) is 5.75 Å². The first-order valence-corrected chi connectivity index (χ1v) is 9.81. The van der Waals surface area contributed by atoms with Gasteiger partial charge >= 0.3 is 5.69 Å². The van der Waals surface area contributed by atoms with Crippen LogP contribution < -0.4 is 15.3 Å². The summed E-state index contributed by atoms with van der Waals surface area (Å²) in [5.74, 6) is 1.01. The van der Waals surface area contributed by atoms with E-state index in [1.807, 2.05) is 17.0 Å². The van der Waals surface area contributed by atoms with Crippen LogP contribution in [0, 0.1) is 0 Å². The van der Waals surface area contributed by atoms with Crippen molar-refractivity contribution in [1.82, 2.24) is 24.1 Å². The standard InChI is InChI=1S/C20H24N6O4/c1-23(6-3-4-9-27)19(28)14-11-16-18(21-13-14)25(8-10-30-16)15-5-7-26-17(12-15)22-24(2)20(26)29/h5,7,11-13,27H,3-4,6,8-10H2,1-2H3. The Morgan fingerprint density at radius 1 is 1.33 bits per heavy atom. The zero-order valence-corrected chi connectivity index (χ0v) is 17.0. The first kappa shape index (κ1) is 19.9. The Morgan fingerprint density at radius 3 is 2.97 bits per heavy atom. The Balaban J connectivity index is 1.60. The van der Waals surface area contributed by atoms with Crippen LogP contribution in [0.3, 0.4) is 0 Å². The fourth-order valence-electron chi connectivity index (χ4n) is 3.49. The first-order chi connectivity index (χ1) is 14.5. The summed E-state index contributed by atoms with van der Waals surface area (Å²) in [7, 11) is 3.34. The molecule has 0 saturated heterocycles. The lowest BCUT2D eigenvalue weighted by Gasteiger charge is -2.30. The molecule has 1 aliphatic rings. The highest BCUT2D eigenvalue weighted by molar-refractivity contribution is 5.94. The van der Waals surface area contributed by atoms with Gasteiger partial charge in [0.05, 0.1) is 12.1 Å². The smallest absolute Gasteiger partial charge is 0.350 e. The van der Waals surface area contributed by atoms with E-state index < -0.39 is 0 Å². The van der Waals surface area contributed by atoms with Crippen molar-refractivity contribution < 1.29 is 14.6 Å². The normalized spacial score (nSPS) is 13.2. The Kier molecular flexibility index (Phi) is 5.40. The average molecular weight is 412 g/mol. The zero-order valence-electron chi connectivity index (χ0n) is 17.0. The molecule has 0 aliphatic carbocycles. The molecule has 30 heavy (non-hydrogen) atoms. The number of nitrogens with zero attached hydrogens (tertiary/aromatic N) is 6. The lowest BCUT2D eigenvalue weighted by molar-refractivity contribution is 0.0789. The van der Waals surface area contributed by atoms with Crippen LogP contribution in [0.25, 0.3) is 5.65 Å². The Morgan fingerprint density at radius 2 is 2.17 bits per heavy atom. The van der Waals surface area contributed by atoms with Crippen molar-refractivity contribution in [1.29, 1.82) is 0 Å². The molecule has 10 heteroatoms. The summed E-state index contributed by atoms with van der Waals surface area (Å²) in [6.07, 6.45) is 4.63. The summed E-state index contributed by atoms with van der Waals surface area (Å²) in [5, 5.41) is 13.1. The minimum absolute atomic E-state index is 0.116. The quantitative estimate of drug-likeness (QED) is 0.597. The van der Waals surface area contributed by atoms with E-state index in [4.69, 9.17) is 9.84 Å². The predicted octanol–water partition coefficient (Wildman–Crippen LogP) is 0.803. The molecule has 10 nitrogen and oxygen atoms in total. The fourth-order valence-corrected chi connectivity index (χ4v) is 3.49. The maximum atomic E-state index is 12.7. The van der Waals surface area contributed by atoms with Crippen LogP contribution in [0.2, 0.25) is 0 Å². The number of carbonyl (C=O) groups excluding carboxylic acids is 1. The molecule has 1 amide bonds. The van der Waals surface area contributed by atoms with Gasteiger partial charge in [-0.25, -0.2) is 14.5 Å². The molecule has 0 radical (unpaired) electrons. The van der Waals surface area contributed by atoms with Crippen LogP contribution in [-0.2, 0) is 7.05 Å². The fraction of sp³-hybridized carbons (Fsp3) is 0.400. The van der Waals surface area contributed by atoms with Crippen molar-refractivity contribution >= 4 is 23.1 Å². The van der Waals surface area contributed by atoms with E-state index >= 15 is 0 Å². The molecule has 3 aromatic rings. The minimum atomic E-state index is -0.205. The largest absolute Gasteiger partial charge is 0.488 e. The van der Waals surface area contributed by atoms with E-state index in [2.05, 4.69) is 10.1 Å². The summed E-state index contributed by atoms with van der Waals surface area (Å²) in [6, 6.07) is 5.37. The summed E-state index contributed by atoms with van der Waals surface area (Å²) in [6.45, 7) is 1.71. The second-order valence-corrected chi connectivity index (χ2v) is 7.22. The van der Waals surface area contributed by atoms with Gasteiger partial charge in [0.15, 0.2) is 17.2 Å². The monoisotopic (exact) mass is 412 g/mol. The van der Waals surface area contributed by atoms with E-state index in [1.165, 1.54) is 9.08 Å². The number of anilines is 2. The number of aliphatic hydroxyl groups excluding tert-OH is 1. The van der Waals surface area contributed by atoms with Gasteiger partial charge in [0, 0.05) is 51.4 Å². The summed E-state index contributed by atoms with van der Waals surface area (Å²) >= 11 is 0. The molecule has 3 aromatic heterocycles. The van der Waals surface area contributed by atoms with Gasteiger partial charge in [0.1, 0.15) is 6.61 Å². The molecule has 1 N–H and O–H groups in total. The number of ether oxygens (including phenoxy) is 1. The first-order valence-electron chi connectivity index (χ1n) is 9.81. The number of aryl methyl sites for hydroxylation is 1. The number of hydrogen-bond donors (Lipinski definition) is 1. The van der Waals surface area contributed by atoms with Gasteiger partial charge in [-0.2, -0.15) is 5.10 Å². The van der Waals surface area contributed by atoms with Crippen LogP contribution in [0.15, 0.2) is 35.4 Å². The second-order valence-electron chi connectivity index (χ2n) is 7.22.